The summed E-state index contributed by atoms with van der Waals surface area (Å²) in [5.74, 6) is 0. The van der Waals surface area contributed by atoms with E-state index in [1.54, 1.807) is 0 Å². The van der Waals surface area contributed by atoms with Crippen molar-refractivity contribution in [1.29, 1.82) is 0 Å². The average Bonchev–Trinajstić information content (AvgIpc) is 3.49. The van der Waals surface area contributed by atoms with Gasteiger partial charge in [-0.1, -0.05) is 54.6 Å². The van der Waals surface area contributed by atoms with Crippen LogP contribution in [-0.2, 0) is 6.54 Å². The minimum atomic E-state index is 0.285. The number of furan rings is 1. The van der Waals surface area contributed by atoms with Crippen LogP contribution in [0.3, 0.4) is 0 Å². The molecule has 0 aliphatic carbocycles. The zero-order valence-corrected chi connectivity index (χ0v) is 23.2. The molecule has 0 fully saturated rings. The van der Waals surface area contributed by atoms with Crippen LogP contribution in [0.1, 0.15) is 19.4 Å². The summed E-state index contributed by atoms with van der Waals surface area (Å²) in [6.07, 6.45) is 1.97. The molecule has 0 saturated heterocycles. The molecule has 2 aromatic heterocycles. The summed E-state index contributed by atoms with van der Waals surface area (Å²) in [6, 6.07) is 37.4. The zero-order valence-electron chi connectivity index (χ0n) is 23.2. The highest BCUT2D eigenvalue weighted by Crippen LogP contribution is 2.38. The molecule has 0 aliphatic heterocycles. The van der Waals surface area contributed by atoms with E-state index in [2.05, 4.69) is 128 Å². The molecule has 0 amide bonds. The molecule has 7 rings (SSSR count). The average molecular weight is 521 g/mol. The summed E-state index contributed by atoms with van der Waals surface area (Å²) in [6.45, 7) is 11.5. The molecule has 0 spiro atoms. The van der Waals surface area contributed by atoms with Crippen molar-refractivity contribution in [3.05, 3.63) is 121 Å². The molecule has 0 N–H and O–H groups in total. The van der Waals surface area contributed by atoms with Crippen LogP contribution in [0.5, 0.6) is 0 Å². The predicted molar refractivity (Wildman–Crippen MR) is 171 cm³/mol. The Balaban J connectivity index is 1.31. The maximum absolute atomic E-state index is 6.09. The largest absolute Gasteiger partial charge is 0.456 e. The van der Waals surface area contributed by atoms with Gasteiger partial charge in [-0.05, 0) is 92.1 Å². The standard InChI is InChI=1S/C37H32N2O/c1-5-20-38-34-12-8-6-10-29(34)31-22-27(15-18-35(31)38)26-14-17-33(25(4)21-26)39(24(2)3)28-16-19-37-32(23-28)30-11-7-9-13-36(30)40-37/h5-19,21-24H,1,20H2,2-4H3. The van der Waals surface area contributed by atoms with Gasteiger partial charge in [-0.15, -0.1) is 6.58 Å². The van der Waals surface area contributed by atoms with E-state index in [1.807, 2.05) is 18.2 Å². The lowest BCUT2D eigenvalue weighted by Crippen LogP contribution is -2.26. The Bertz CT molecular complexity index is 2060. The van der Waals surface area contributed by atoms with E-state index < -0.39 is 0 Å². The van der Waals surface area contributed by atoms with Crippen molar-refractivity contribution in [1.82, 2.24) is 4.57 Å². The Morgan fingerprint density at radius 2 is 1.43 bits per heavy atom. The van der Waals surface area contributed by atoms with Crippen molar-refractivity contribution in [3.63, 3.8) is 0 Å². The molecule has 7 aromatic rings. The van der Waals surface area contributed by atoms with Gasteiger partial charge in [0.15, 0.2) is 0 Å². The summed E-state index contributed by atoms with van der Waals surface area (Å²) in [5.41, 5.74) is 10.4. The van der Waals surface area contributed by atoms with Crippen molar-refractivity contribution in [3.8, 4) is 11.1 Å². The molecule has 196 valence electrons. The quantitative estimate of drug-likeness (QED) is 0.203. The number of para-hydroxylation sites is 2. The van der Waals surface area contributed by atoms with Crippen LogP contribution in [0.2, 0.25) is 0 Å². The van der Waals surface area contributed by atoms with E-state index >= 15 is 0 Å². The van der Waals surface area contributed by atoms with Crippen LogP contribution in [0, 0.1) is 6.92 Å². The van der Waals surface area contributed by atoms with Gasteiger partial charge in [-0.3, -0.25) is 0 Å². The smallest absolute Gasteiger partial charge is 0.135 e. The molecule has 2 heterocycles. The highest BCUT2D eigenvalue weighted by atomic mass is 16.3. The maximum Gasteiger partial charge on any atom is 0.135 e. The van der Waals surface area contributed by atoms with Crippen LogP contribution >= 0.6 is 0 Å². The topological polar surface area (TPSA) is 21.3 Å². The normalized spacial score (nSPS) is 11.8. The molecule has 0 saturated carbocycles. The van der Waals surface area contributed by atoms with E-state index in [0.29, 0.717) is 0 Å². The third-order valence-electron chi connectivity index (χ3n) is 8.03. The van der Waals surface area contributed by atoms with Gasteiger partial charge in [0.1, 0.15) is 11.2 Å². The van der Waals surface area contributed by atoms with Crippen LogP contribution in [-0.4, -0.2) is 10.6 Å². The van der Waals surface area contributed by atoms with Crippen LogP contribution in [0.4, 0.5) is 11.4 Å². The third kappa shape index (κ3) is 3.81. The fourth-order valence-corrected chi connectivity index (χ4v) is 6.24. The Morgan fingerprint density at radius 1 is 0.725 bits per heavy atom. The Kier molecular flexibility index (Phi) is 5.74. The van der Waals surface area contributed by atoms with Crippen molar-refractivity contribution < 1.29 is 4.42 Å². The highest BCUT2D eigenvalue weighted by molar-refractivity contribution is 6.09. The highest BCUT2D eigenvalue weighted by Gasteiger charge is 2.18. The minimum absolute atomic E-state index is 0.285. The molecular formula is C37H32N2O. The van der Waals surface area contributed by atoms with Gasteiger partial charge >= 0.3 is 0 Å². The molecule has 5 aromatic carbocycles. The zero-order chi connectivity index (χ0) is 27.4. The molecule has 3 nitrogen and oxygen atoms in total. The second-order valence-electron chi connectivity index (χ2n) is 10.9. The van der Waals surface area contributed by atoms with E-state index in [9.17, 15) is 0 Å². The van der Waals surface area contributed by atoms with Crippen LogP contribution in [0.25, 0.3) is 54.9 Å². The van der Waals surface area contributed by atoms with Gasteiger partial charge in [0.25, 0.3) is 0 Å². The van der Waals surface area contributed by atoms with Gasteiger partial charge < -0.3 is 13.9 Å². The summed E-state index contributed by atoms with van der Waals surface area (Å²) in [7, 11) is 0. The lowest BCUT2D eigenvalue weighted by Gasteiger charge is -2.31. The van der Waals surface area contributed by atoms with E-state index in [-0.39, 0.29) is 6.04 Å². The van der Waals surface area contributed by atoms with E-state index in [0.717, 1.165) is 28.5 Å². The number of rotatable bonds is 6. The molecular weight excluding hydrogens is 488 g/mol. The van der Waals surface area contributed by atoms with Gasteiger partial charge in [-0.2, -0.15) is 0 Å². The van der Waals surface area contributed by atoms with Crippen molar-refractivity contribution >= 4 is 55.1 Å². The number of hydrogen-bond donors (Lipinski definition) is 0. The molecule has 0 radical (unpaired) electrons. The molecule has 0 bridgehead atoms. The van der Waals surface area contributed by atoms with Gasteiger partial charge in [0, 0.05) is 56.5 Å². The fourth-order valence-electron chi connectivity index (χ4n) is 6.24. The van der Waals surface area contributed by atoms with Crippen molar-refractivity contribution in [2.45, 2.75) is 33.4 Å². The number of allylic oxidation sites excluding steroid dienone is 1. The molecule has 0 unspecified atom stereocenters. The molecule has 0 atom stereocenters. The second-order valence-corrected chi connectivity index (χ2v) is 10.9. The SMILES string of the molecule is C=CCn1c2ccccc2c2cc(-c3ccc(N(c4ccc5oc6ccccc6c5c4)C(C)C)c(C)c3)ccc21. The van der Waals surface area contributed by atoms with Crippen molar-refractivity contribution in [2.24, 2.45) is 0 Å². The van der Waals surface area contributed by atoms with Crippen molar-refractivity contribution in [2.75, 3.05) is 4.90 Å². The summed E-state index contributed by atoms with van der Waals surface area (Å²) >= 11 is 0. The minimum Gasteiger partial charge on any atom is -0.456 e. The predicted octanol–water partition coefficient (Wildman–Crippen LogP) is 10.4. The maximum atomic E-state index is 6.09. The third-order valence-corrected chi connectivity index (χ3v) is 8.03. The van der Waals surface area contributed by atoms with E-state index in [4.69, 9.17) is 4.42 Å². The fraction of sp³-hybridized carbons (Fsp3) is 0.135. The van der Waals surface area contributed by atoms with Gasteiger partial charge in [0.2, 0.25) is 0 Å². The first-order chi connectivity index (χ1) is 19.5. The number of fused-ring (bicyclic) bond motifs is 6. The number of anilines is 2. The lowest BCUT2D eigenvalue weighted by molar-refractivity contribution is 0.669. The summed E-state index contributed by atoms with van der Waals surface area (Å²) in [4.78, 5) is 2.42. The monoisotopic (exact) mass is 520 g/mol. The number of aromatic nitrogens is 1. The number of aryl methyl sites for hydroxylation is 1. The summed E-state index contributed by atoms with van der Waals surface area (Å²) < 4.78 is 8.43. The van der Waals surface area contributed by atoms with Gasteiger partial charge in [-0.25, -0.2) is 0 Å². The number of benzene rings is 5. The lowest BCUT2D eigenvalue weighted by atomic mass is 9.99. The first-order valence-electron chi connectivity index (χ1n) is 14.0. The number of hydrogen-bond acceptors (Lipinski definition) is 2. The van der Waals surface area contributed by atoms with E-state index in [1.165, 1.54) is 49.9 Å². The molecule has 40 heavy (non-hydrogen) atoms. The molecule has 0 aliphatic rings. The second kappa shape index (κ2) is 9.46. The van der Waals surface area contributed by atoms with Crippen LogP contribution in [0.15, 0.2) is 120 Å². The Labute approximate surface area is 234 Å². The Morgan fingerprint density at radius 3 is 2.23 bits per heavy atom. The number of nitrogens with zero attached hydrogens (tertiary/aromatic N) is 2. The van der Waals surface area contributed by atoms with Crippen LogP contribution < -0.4 is 4.90 Å². The Hall–Kier alpha value is -4.76. The molecule has 3 heteroatoms. The first-order valence-corrected chi connectivity index (χ1v) is 14.0. The van der Waals surface area contributed by atoms with Gasteiger partial charge in [0.05, 0.1) is 0 Å². The first kappa shape index (κ1) is 24.3. The summed E-state index contributed by atoms with van der Waals surface area (Å²) in [5, 5.41) is 4.86.